The number of aromatic nitrogens is 1. The summed E-state index contributed by atoms with van der Waals surface area (Å²) in [6.07, 6.45) is 3.51. The standard InChI is InChI=1S/C20H24ClN3O3S/c1-20(2,3)27-19(26)23-12-5-4-6-16(23)17(25)24(18-22-11-13-28-18)15-9-7-14(21)8-10-15/h7-11,13,16H,4-6,12H2,1-3H3. The molecule has 1 aromatic heterocycles. The molecule has 1 saturated heterocycles. The van der Waals surface area contributed by atoms with E-state index in [4.69, 9.17) is 16.3 Å². The van der Waals surface area contributed by atoms with Crippen LogP contribution in [0.5, 0.6) is 0 Å². The topological polar surface area (TPSA) is 62.7 Å². The number of anilines is 2. The molecule has 0 aliphatic carbocycles. The molecule has 1 aromatic carbocycles. The molecule has 1 unspecified atom stereocenters. The number of benzene rings is 1. The molecule has 1 atom stereocenters. The Balaban J connectivity index is 1.92. The number of carbonyl (C=O) groups excluding carboxylic acids is 2. The van der Waals surface area contributed by atoms with Crippen LogP contribution in [-0.2, 0) is 9.53 Å². The van der Waals surface area contributed by atoms with Crippen molar-refractivity contribution in [3.05, 3.63) is 40.9 Å². The third-order valence-electron chi connectivity index (χ3n) is 4.33. The molecule has 0 radical (unpaired) electrons. The summed E-state index contributed by atoms with van der Waals surface area (Å²) in [7, 11) is 0. The summed E-state index contributed by atoms with van der Waals surface area (Å²) < 4.78 is 5.54. The van der Waals surface area contributed by atoms with Gasteiger partial charge in [0, 0.05) is 23.1 Å². The number of halogens is 1. The van der Waals surface area contributed by atoms with Gasteiger partial charge in [-0.1, -0.05) is 11.6 Å². The molecular formula is C20H24ClN3O3S. The highest BCUT2D eigenvalue weighted by Crippen LogP contribution is 2.32. The number of hydrogen-bond acceptors (Lipinski definition) is 5. The van der Waals surface area contributed by atoms with Crippen LogP contribution in [0.4, 0.5) is 15.6 Å². The van der Waals surface area contributed by atoms with Gasteiger partial charge in [-0.15, -0.1) is 11.3 Å². The molecule has 1 aliphatic rings. The fraction of sp³-hybridized carbons (Fsp3) is 0.450. The van der Waals surface area contributed by atoms with E-state index in [1.54, 1.807) is 40.3 Å². The average Bonchev–Trinajstić information content (AvgIpc) is 3.16. The van der Waals surface area contributed by atoms with Crippen LogP contribution >= 0.6 is 22.9 Å². The number of hydrogen-bond donors (Lipinski definition) is 0. The van der Waals surface area contributed by atoms with Crippen LogP contribution in [-0.4, -0.2) is 40.1 Å². The summed E-state index contributed by atoms with van der Waals surface area (Å²) >= 11 is 7.38. The molecule has 2 aromatic rings. The fourth-order valence-corrected chi connectivity index (χ4v) is 3.92. The Morgan fingerprint density at radius 3 is 2.57 bits per heavy atom. The third-order valence-corrected chi connectivity index (χ3v) is 5.34. The number of thiazole rings is 1. The smallest absolute Gasteiger partial charge is 0.410 e. The van der Waals surface area contributed by atoms with E-state index in [0.717, 1.165) is 12.8 Å². The lowest BCUT2D eigenvalue weighted by molar-refractivity contribution is -0.124. The molecule has 8 heteroatoms. The molecule has 0 N–H and O–H groups in total. The predicted molar refractivity (Wildman–Crippen MR) is 111 cm³/mol. The predicted octanol–water partition coefficient (Wildman–Crippen LogP) is 5.25. The minimum absolute atomic E-state index is 0.192. The Labute approximate surface area is 174 Å². The van der Waals surface area contributed by atoms with Gasteiger partial charge in [-0.25, -0.2) is 9.78 Å². The Kier molecular flexibility index (Phi) is 6.25. The van der Waals surface area contributed by atoms with Crippen molar-refractivity contribution in [3.8, 4) is 0 Å². The Morgan fingerprint density at radius 1 is 1.25 bits per heavy atom. The average molecular weight is 422 g/mol. The second-order valence-corrected chi connectivity index (χ2v) is 8.96. The van der Waals surface area contributed by atoms with Crippen LogP contribution < -0.4 is 4.90 Å². The summed E-state index contributed by atoms with van der Waals surface area (Å²) in [4.78, 5) is 33.7. The largest absolute Gasteiger partial charge is 0.444 e. The highest BCUT2D eigenvalue weighted by Gasteiger charge is 2.38. The van der Waals surface area contributed by atoms with E-state index in [1.165, 1.54) is 11.3 Å². The van der Waals surface area contributed by atoms with Crippen molar-refractivity contribution in [1.82, 2.24) is 9.88 Å². The number of rotatable bonds is 3. The van der Waals surface area contributed by atoms with Crippen LogP contribution in [0.1, 0.15) is 40.0 Å². The van der Waals surface area contributed by atoms with Crippen LogP contribution in [0.25, 0.3) is 0 Å². The zero-order valence-electron chi connectivity index (χ0n) is 16.2. The second kappa shape index (κ2) is 8.49. The van der Waals surface area contributed by atoms with E-state index < -0.39 is 17.7 Å². The van der Waals surface area contributed by atoms with Gasteiger partial charge in [0.1, 0.15) is 11.6 Å². The number of ether oxygens (including phenoxy) is 1. The van der Waals surface area contributed by atoms with Gasteiger partial charge < -0.3 is 4.74 Å². The Morgan fingerprint density at radius 2 is 1.96 bits per heavy atom. The number of piperidine rings is 1. The molecular weight excluding hydrogens is 398 g/mol. The first-order chi connectivity index (χ1) is 13.3. The lowest BCUT2D eigenvalue weighted by Crippen LogP contribution is -2.53. The van der Waals surface area contributed by atoms with Gasteiger partial charge in [-0.2, -0.15) is 0 Å². The van der Waals surface area contributed by atoms with Gasteiger partial charge in [0.2, 0.25) is 0 Å². The van der Waals surface area contributed by atoms with Crippen LogP contribution in [0, 0.1) is 0 Å². The molecule has 150 valence electrons. The molecule has 1 aliphatic heterocycles. The maximum atomic E-state index is 13.6. The van der Waals surface area contributed by atoms with Crippen molar-refractivity contribution in [2.45, 2.75) is 51.7 Å². The van der Waals surface area contributed by atoms with E-state index in [0.29, 0.717) is 28.8 Å². The monoisotopic (exact) mass is 421 g/mol. The molecule has 0 spiro atoms. The SMILES string of the molecule is CC(C)(C)OC(=O)N1CCCCC1C(=O)N(c1ccc(Cl)cc1)c1nccs1. The Hall–Kier alpha value is -2.12. The second-order valence-electron chi connectivity index (χ2n) is 7.65. The van der Waals surface area contributed by atoms with Crippen molar-refractivity contribution >= 4 is 45.8 Å². The van der Waals surface area contributed by atoms with E-state index in [9.17, 15) is 9.59 Å². The van der Waals surface area contributed by atoms with E-state index in [2.05, 4.69) is 4.98 Å². The lowest BCUT2D eigenvalue weighted by atomic mass is 10.0. The maximum absolute atomic E-state index is 13.6. The van der Waals surface area contributed by atoms with E-state index in [-0.39, 0.29) is 5.91 Å². The highest BCUT2D eigenvalue weighted by molar-refractivity contribution is 7.13. The molecule has 6 nitrogen and oxygen atoms in total. The first-order valence-electron chi connectivity index (χ1n) is 9.25. The summed E-state index contributed by atoms with van der Waals surface area (Å²) in [5.74, 6) is -0.192. The quantitative estimate of drug-likeness (QED) is 0.678. The molecule has 2 amide bonds. The third kappa shape index (κ3) is 4.83. The van der Waals surface area contributed by atoms with Crippen molar-refractivity contribution in [3.63, 3.8) is 0 Å². The van der Waals surface area contributed by atoms with Gasteiger partial charge in [-0.3, -0.25) is 14.6 Å². The van der Waals surface area contributed by atoms with Crippen molar-refractivity contribution < 1.29 is 14.3 Å². The molecule has 1 fully saturated rings. The zero-order valence-corrected chi connectivity index (χ0v) is 17.8. The minimum atomic E-state index is -0.618. The number of carbonyl (C=O) groups is 2. The summed E-state index contributed by atoms with van der Waals surface area (Å²) in [6.45, 7) is 5.96. The maximum Gasteiger partial charge on any atom is 0.410 e. The summed E-state index contributed by atoms with van der Waals surface area (Å²) in [6, 6.07) is 6.43. The highest BCUT2D eigenvalue weighted by atomic mass is 35.5. The van der Waals surface area contributed by atoms with E-state index >= 15 is 0 Å². The summed E-state index contributed by atoms with van der Waals surface area (Å²) in [5.41, 5.74) is 0.0480. The minimum Gasteiger partial charge on any atom is -0.444 e. The molecule has 3 rings (SSSR count). The van der Waals surface area contributed by atoms with Gasteiger partial charge in [0.05, 0.1) is 5.69 Å². The van der Waals surface area contributed by atoms with Crippen molar-refractivity contribution in [2.24, 2.45) is 0 Å². The normalized spacial score (nSPS) is 17.3. The first-order valence-corrected chi connectivity index (χ1v) is 10.5. The number of amides is 2. The van der Waals surface area contributed by atoms with Gasteiger partial charge in [0.25, 0.3) is 5.91 Å². The zero-order chi connectivity index (χ0) is 20.3. The summed E-state index contributed by atoms with van der Waals surface area (Å²) in [5, 5.41) is 2.96. The van der Waals surface area contributed by atoms with E-state index in [1.807, 2.05) is 26.2 Å². The van der Waals surface area contributed by atoms with Gasteiger partial charge in [0.15, 0.2) is 5.13 Å². The number of nitrogens with zero attached hydrogens (tertiary/aromatic N) is 3. The van der Waals surface area contributed by atoms with Crippen LogP contribution in [0.3, 0.4) is 0 Å². The molecule has 0 saturated carbocycles. The number of likely N-dealkylation sites (tertiary alicyclic amines) is 1. The first kappa shape index (κ1) is 20.6. The molecule has 0 bridgehead atoms. The van der Waals surface area contributed by atoms with Gasteiger partial charge >= 0.3 is 6.09 Å². The fourth-order valence-electron chi connectivity index (χ4n) is 3.12. The molecule has 28 heavy (non-hydrogen) atoms. The van der Waals surface area contributed by atoms with Crippen molar-refractivity contribution in [1.29, 1.82) is 0 Å². The Bertz CT molecular complexity index is 818. The van der Waals surface area contributed by atoms with Crippen LogP contribution in [0.15, 0.2) is 35.8 Å². The van der Waals surface area contributed by atoms with Crippen molar-refractivity contribution in [2.75, 3.05) is 11.4 Å². The lowest BCUT2D eigenvalue weighted by Gasteiger charge is -2.37. The van der Waals surface area contributed by atoms with Crippen LogP contribution in [0.2, 0.25) is 5.02 Å². The molecule has 2 heterocycles. The van der Waals surface area contributed by atoms with Gasteiger partial charge in [-0.05, 0) is 64.3 Å².